The Hall–Kier alpha value is -3.36. The highest BCUT2D eigenvalue weighted by Gasteiger charge is 2.11. The van der Waals surface area contributed by atoms with Crippen molar-refractivity contribution in [2.24, 2.45) is 0 Å². The minimum absolute atomic E-state index is 0.0438. The van der Waals surface area contributed by atoms with Crippen molar-refractivity contribution in [3.8, 4) is 0 Å². The monoisotopic (exact) mass is 349 g/mol. The Kier molecular flexibility index (Phi) is 6.10. The first-order valence-electron chi connectivity index (χ1n) is 7.04. The summed E-state index contributed by atoms with van der Waals surface area (Å²) < 4.78 is 30.6. The van der Waals surface area contributed by atoms with Crippen LogP contribution in [-0.4, -0.2) is 35.9 Å². The van der Waals surface area contributed by atoms with Crippen LogP contribution in [0.25, 0.3) is 0 Å². The smallest absolute Gasteiger partial charge is 0.338 e. The number of esters is 1. The van der Waals surface area contributed by atoms with E-state index in [4.69, 9.17) is 4.74 Å². The van der Waals surface area contributed by atoms with E-state index in [2.05, 4.69) is 15.6 Å². The highest BCUT2D eigenvalue weighted by molar-refractivity contribution is 5.95. The van der Waals surface area contributed by atoms with Crippen molar-refractivity contribution in [1.82, 2.24) is 10.3 Å². The van der Waals surface area contributed by atoms with E-state index in [1.807, 2.05) is 0 Å². The molecule has 0 radical (unpaired) electrons. The molecule has 2 aromatic rings. The van der Waals surface area contributed by atoms with Crippen LogP contribution in [0.15, 0.2) is 42.7 Å². The first-order valence-corrected chi connectivity index (χ1v) is 7.04. The molecule has 2 rings (SSSR count). The van der Waals surface area contributed by atoms with E-state index in [1.54, 1.807) is 0 Å². The number of carbonyl (C=O) groups is 3. The second kappa shape index (κ2) is 8.48. The van der Waals surface area contributed by atoms with Crippen molar-refractivity contribution in [2.45, 2.75) is 0 Å². The average Bonchev–Trinajstić information content (AvgIpc) is 2.61. The third-order valence-electron chi connectivity index (χ3n) is 2.90. The molecule has 0 spiro atoms. The molecule has 1 aromatic carbocycles. The fourth-order valence-corrected chi connectivity index (χ4v) is 1.71. The zero-order valence-corrected chi connectivity index (χ0v) is 12.8. The summed E-state index contributed by atoms with van der Waals surface area (Å²) in [4.78, 5) is 38.5. The summed E-state index contributed by atoms with van der Waals surface area (Å²) in [5.74, 6) is -4.20. The van der Waals surface area contributed by atoms with Crippen LogP contribution < -0.4 is 10.6 Å². The van der Waals surface area contributed by atoms with Gasteiger partial charge in [-0.1, -0.05) is 0 Å². The molecule has 1 heterocycles. The maximum atomic E-state index is 13.0. The summed E-state index contributed by atoms with van der Waals surface area (Å²) in [7, 11) is 0. The number of anilines is 1. The second-order valence-corrected chi connectivity index (χ2v) is 4.77. The number of pyridine rings is 1. The van der Waals surface area contributed by atoms with Crippen molar-refractivity contribution in [3.63, 3.8) is 0 Å². The molecule has 0 atom stereocenters. The lowest BCUT2D eigenvalue weighted by atomic mass is 10.3. The number of aromatic nitrogens is 1. The maximum absolute atomic E-state index is 13.0. The number of carbonyl (C=O) groups excluding carboxylic acids is 3. The third kappa shape index (κ3) is 5.65. The number of halogens is 2. The first-order chi connectivity index (χ1) is 12.0. The Balaban J connectivity index is 1.73. The number of nitrogens with one attached hydrogen (secondary N) is 2. The highest BCUT2D eigenvalue weighted by atomic mass is 19.2. The minimum Gasteiger partial charge on any atom is -0.452 e. The van der Waals surface area contributed by atoms with E-state index < -0.39 is 42.6 Å². The molecule has 0 aliphatic carbocycles. The zero-order chi connectivity index (χ0) is 18.2. The topological polar surface area (TPSA) is 97.4 Å². The number of amides is 2. The molecule has 1 aromatic heterocycles. The zero-order valence-electron chi connectivity index (χ0n) is 12.8. The molecular weight excluding hydrogens is 336 g/mol. The summed E-state index contributed by atoms with van der Waals surface area (Å²) in [6.07, 6.45) is 2.80. The predicted octanol–water partition coefficient (Wildman–Crippen LogP) is 1.27. The largest absolute Gasteiger partial charge is 0.452 e. The first kappa shape index (κ1) is 18.0. The van der Waals surface area contributed by atoms with Crippen LogP contribution in [0.5, 0.6) is 0 Å². The Morgan fingerprint density at radius 3 is 2.40 bits per heavy atom. The van der Waals surface area contributed by atoms with Gasteiger partial charge in [0.25, 0.3) is 5.91 Å². The quantitative estimate of drug-likeness (QED) is 0.766. The van der Waals surface area contributed by atoms with Crippen LogP contribution in [0.2, 0.25) is 0 Å². The van der Waals surface area contributed by atoms with E-state index in [0.717, 1.165) is 12.1 Å². The van der Waals surface area contributed by atoms with Gasteiger partial charge in [-0.05, 0) is 24.3 Å². The van der Waals surface area contributed by atoms with Crippen LogP contribution in [0, 0.1) is 11.6 Å². The molecule has 0 saturated carbocycles. The van der Waals surface area contributed by atoms with Gasteiger partial charge in [0.1, 0.15) is 0 Å². The SMILES string of the molecule is O=C(COC(=O)c1ccncc1)NCC(=O)Nc1ccc(F)c(F)c1. The molecule has 0 unspecified atom stereocenters. The van der Waals surface area contributed by atoms with E-state index >= 15 is 0 Å². The van der Waals surface area contributed by atoms with Crippen LogP contribution in [-0.2, 0) is 14.3 Å². The minimum atomic E-state index is -1.11. The number of rotatable bonds is 6. The molecule has 9 heteroatoms. The van der Waals surface area contributed by atoms with Gasteiger partial charge < -0.3 is 15.4 Å². The summed E-state index contributed by atoms with van der Waals surface area (Å²) in [6.45, 7) is -0.996. The summed E-state index contributed by atoms with van der Waals surface area (Å²) in [5, 5.41) is 4.51. The lowest BCUT2D eigenvalue weighted by Crippen LogP contribution is -2.35. The maximum Gasteiger partial charge on any atom is 0.338 e. The number of hydrogen-bond donors (Lipinski definition) is 2. The van der Waals surface area contributed by atoms with E-state index in [9.17, 15) is 23.2 Å². The lowest BCUT2D eigenvalue weighted by Gasteiger charge is -2.08. The van der Waals surface area contributed by atoms with Crippen molar-refractivity contribution >= 4 is 23.5 Å². The van der Waals surface area contributed by atoms with Gasteiger partial charge in [-0.15, -0.1) is 0 Å². The van der Waals surface area contributed by atoms with E-state index in [0.29, 0.717) is 0 Å². The van der Waals surface area contributed by atoms with E-state index in [1.165, 1.54) is 30.6 Å². The van der Waals surface area contributed by atoms with Gasteiger partial charge >= 0.3 is 5.97 Å². The third-order valence-corrected chi connectivity index (χ3v) is 2.90. The number of benzene rings is 1. The summed E-state index contributed by atoms with van der Waals surface area (Å²) >= 11 is 0. The fraction of sp³-hybridized carbons (Fsp3) is 0.125. The Morgan fingerprint density at radius 2 is 1.72 bits per heavy atom. The number of nitrogens with zero attached hydrogens (tertiary/aromatic N) is 1. The van der Waals surface area contributed by atoms with Crippen molar-refractivity contribution in [2.75, 3.05) is 18.5 Å². The number of ether oxygens (including phenoxy) is 1. The van der Waals surface area contributed by atoms with Crippen molar-refractivity contribution in [3.05, 3.63) is 59.9 Å². The van der Waals surface area contributed by atoms with Gasteiger partial charge in [0.15, 0.2) is 18.2 Å². The molecule has 2 amide bonds. The van der Waals surface area contributed by atoms with Crippen LogP contribution in [0.1, 0.15) is 10.4 Å². The highest BCUT2D eigenvalue weighted by Crippen LogP contribution is 2.12. The van der Waals surface area contributed by atoms with Crippen LogP contribution >= 0.6 is 0 Å². The van der Waals surface area contributed by atoms with Crippen molar-refractivity contribution < 1.29 is 27.9 Å². The predicted molar refractivity (Wildman–Crippen MR) is 82.5 cm³/mol. The van der Waals surface area contributed by atoms with Gasteiger partial charge in [-0.25, -0.2) is 13.6 Å². The average molecular weight is 349 g/mol. The van der Waals surface area contributed by atoms with Gasteiger partial charge in [0, 0.05) is 24.1 Å². The van der Waals surface area contributed by atoms with Gasteiger partial charge in [-0.2, -0.15) is 0 Å². The van der Waals surface area contributed by atoms with Crippen molar-refractivity contribution in [1.29, 1.82) is 0 Å². The Labute approximate surface area is 141 Å². The van der Waals surface area contributed by atoms with Gasteiger partial charge in [-0.3, -0.25) is 14.6 Å². The number of hydrogen-bond acceptors (Lipinski definition) is 5. The molecule has 0 fully saturated rings. The van der Waals surface area contributed by atoms with Crippen LogP contribution in [0.4, 0.5) is 14.5 Å². The summed E-state index contributed by atoms with van der Waals surface area (Å²) in [6, 6.07) is 5.70. The molecule has 25 heavy (non-hydrogen) atoms. The molecule has 0 aliphatic rings. The Bertz CT molecular complexity index is 784. The van der Waals surface area contributed by atoms with Gasteiger partial charge in [0.2, 0.25) is 5.91 Å². The standard InChI is InChI=1S/C16H13F2N3O4/c17-12-2-1-11(7-13(12)18)21-14(22)8-20-15(23)9-25-16(24)10-3-5-19-6-4-10/h1-7H,8-9H2,(H,20,23)(H,21,22). The summed E-state index contributed by atoms with van der Waals surface area (Å²) in [5.41, 5.74) is 0.279. The van der Waals surface area contributed by atoms with Gasteiger partial charge in [0.05, 0.1) is 12.1 Å². The normalized spacial score (nSPS) is 10.0. The fourth-order valence-electron chi connectivity index (χ4n) is 1.71. The molecule has 7 nitrogen and oxygen atoms in total. The molecule has 0 saturated heterocycles. The Morgan fingerprint density at radius 1 is 1.00 bits per heavy atom. The second-order valence-electron chi connectivity index (χ2n) is 4.77. The molecule has 0 bridgehead atoms. The molecule has 130 valence electrons. The van der Waals surface area contributed by atoms with Crippen LogP contribution in [0.3, 0.4) is 0 Å². The molecular formula is C16H13F2N3O4. The lowest BCUT2D eigenvalue weighted by molar-refractivity contribution is -0.126. The van der Waals surface area contributed by atoms with E-state index in [-0.39, 0.29) is 11.3 Å². The molecule has 0 aliphatic heterocycles. The molecule has 2 N–H and O–H groups in total.